The van der Waals surface area contributed by atoms with E-state index in [1.54, 1.807) is 6.20 Å². The van der Waals surface area contributed by atoms with Gasteiger partial charge in [0, 0.05) is 49.5 Å². The van der Waals surface area contributed by atoms with Crippen LogP contribution in [0.3, 0.4) is 0 Å². The van der Waals surface area contributed by atoms with Gasteiger partial charge in [-0.3, -0.25) is 4.90 Å². The number of aliphatic hydroxyl groups excluding tert-OH is 1. The maximum absolute atomic E-state index is 9.05. The fourth-order valence-electron chi connectivity index (χ4n) is 2.78. The van der Waals surface area contributed by atoms with E-state index in [0.29, 0.717) is 11.6 Å². The van der Waals surface area contributed by atoms with Crippen molar-refractivity contribution in [3.63, 3.8) is 0 Å². The van der Waals surface area contributed by atoms with Crippen molar-refractivity contribution < 1.29 is 5.11 Å². The van der Waals surface area contributed by atoms with Gasteiger partial charge < -0.3 is 15.7 Å². The third-order valence-corrected chi connectivity index (χ3v) is 4.28. The van der Waals surface area contributed by atoms with Crippen molar-refractivity contribution in [1.29, 1.82) is 0 Å². The monoisotopic (exact) mass is 333 g/mol. The summed E-state index contributed by atoms with van der Waals surface area (Å²) >= 11 is 5.97. The van der Waals surface area contributed by atoms with Crippen LogP contribution in [0, 0.1) is 0 Å². The molecule has 0 atom stereocenters. The quantitative estimate of drug-likeness (QED) is 0.882. The lowest BCUT2D eigenvalue weighted by molar-refractivity contribution is 0.188. The van der Waals surface area contributed by atoms with Crippen LogP contribution >= 0.6 is 11.6 Å². The van der Waals surface area contributed by atoms with Crippen molar-refractivity contribution in [1.82, 2.24) is 14.9 Å². The number of anilines is 2. The Kier molecular flexibility index (Phi) is 4.95. The normalized spacial score (nSPS) is 15.8. The van der Waals surface area contributed by atoms with Crippen molar-refractivity contribution in [3.8, 4) is 11.1 Å². The lowest BCUT2D eigenvalue weighted by Gasteiger charge is -2.35. The smallest absolute Gasteiger partial charge is 0.221 e. The van der Waals surface area contributed by atoms with Gasteiger partial charge in [0.1, 0.15) is 5.82 Å². The van der Waals surface area contributed by atoms with Crippen LogP contribution in [0.5, 0.6) is 0 Å². The first-order valence-corrected chi connectivity index (χ1v) is 8.02. The van der Waals surface area contributed by atoms with Gasteiger partial charge in [0.15, 0.2) is 0 Å². The molecule has 1 saturated heterocycles. The molecule has 3 N–H and O–H groups in total. The maximum Gasteiger partial charge on any atom is 0.221 e. The summed E-state index contributed by atoms with van der Waals surface area (Å²) in [6.45, 7) is 4.38. The SMILES string of the molecule is Nc1ncc(-c2ccc(Cl)cc2)c(N2CCN(CCO)CC2)n1. The molecular formula is C16H20ClN5O. The summed E-state index contributed by atoms with van der Waals surface area (Å²) in [5, 5.41) is 9.75. The van der Waals surface area contributed by atoms with E-state index < -0.39 is 0 Å². The Bertz CT molecular complexity index is 656. The van der Waals surface area contributed by atoms with Crippen LogP contribution in [0.25, 0.3) is 11.1 Å². The van der Waals surface area contributed by atoms with Crippen LogP contribution in [-0.2, 0) is 0 Å². The molecule has 1 fully saturated rings. The van der Waals surface area contributed by atoms with Crippen molar-refractivity contribution in [3.05, 3.63) is 35.5 Å². The highest BCUT2D eigenvalue weighted by molar-refractivity contribution is 6.30. The number of aliphatic hydroxyl groups is 1. The summed E-state index contributed by atoms with van der Waals surface area (Å²) in [6.07, 6.45) is 1.76. The second-order valence-corrected chi connectivity index (χ2v) is 5.96. The fourth-order valence-corrected chi connectivity index (χ4v) is 2.91. The molecule has 122 valence electrons. The van der Waals surface area contributed by atoms with Crippen LogP contribution in [0.1, 0.15) is 0 Å². The van der Waals surface area contributed by atoms with Crippen LogP contribution in [0.4, 0.5) is 11.8 Å². The van der Waals surface area contributed by atoms with E-state index in [9.17, 15) is 0 Å². The largest absolute Gasteiger partial charge is 0.395 e. The highest BCUT2D eigenvalue weighted by Crippen LogP contribution is 2.30. The standard InChI is InChI=1S/C16H20ClN5O/c17-13-3-1-12(2-4-13)14-11-19-16(18)20-15(14)22-7-5-21(6-8-22)9-10-23/h1-4,11,23H,5-10H2,(H2,18,19,20). The first-order valence-electron chi connectivity index (χ1n) is 7.64. The molecule has 0 spiro atoms. The van der Waals surface area contributed by atoms with Gasteiger partial charge in [0.2, 0.25) is 5.95 Å². The first-order chi connectivity index (χ1) is 11.2. The Hall–Kier alpha value is -1.89. The lowest BCUT2D eigenvalue weighted by Crippen LogP contribution is -2.47. The molecule has 1 aromatic carbocycles. The van der Waals surface area contributed by atoms with E-state index in [2.05, 4.69) is 19.8 Å². The molecule has 2 heterocycles. The van der Waals surface area contributed by atoms with E-state index in [1.807, 2.05) is 24.3 Å². The van der Waals surface area contributed by atoms with Gasteiger partial charge in [0.25, 0.3) is 0 Å². The molecule has 2 aromatic rings. The average molecular weight is 334 g/mol. The number of hydrogen-bond donors (Lipinski definition) is 2. The molecule has 0 saturated carbocycles. The fraction of sp³-hybridized carbons (Fsp3) is 0.375. The summed E-state index contributed by atoms with van der Waals surface area (Å²) in [7, 11) is 0. The lowest BCUT2D eigenvalue weighted by atomic mass is 10.1. The van der Waals surface area contributed by atoms with Crippen molar-refractivity contribution in [2.24, 2.45) is 0 Å². The molecule has 0 aliphatic carbocycles. The number of aromatic nitrogens is 2. The van der Waals surface area contributed by atoms with Gasteiger partial charge in [-0.05, 0) is 17.7 Å². The summed E-state index contributed by atoms with van der Waals surface area (Å²) in [6, 6.07) is 7.64. The molecule has 7 heteroatoms. The highest BCUT2D eigenvalue weighted by Gasteiger charge is 2.21. The van der Waals surface area contributed by atoms with E-state index in [0.717, 1.165) is 43.1 Å². The number of benzene rings is 1. The Morgan fingerprint density at radius 2 is 1.83 bits per heavy atom. The summed E-state index contributed by atoms with van der Waals surface area (Å²) in [4.78, 5) is 13.1. The minimum Gasteiger partial charge on any atom is -0.395 e. The second-order valence-electron chi connectivity index (χ2n) is 5.52. The van der Waals surface area contributed by atoms with E-state index in [1.165, 1.54) is 0 Å². The predicted octanol–water partition coefficient (Wildman–Crippen LogP) is 1.49. The number of nitrogens with two attached hydrogens (primary N) is 1. The summed E-state index contributed by atoms with van der Waals surface area (Å²) in [5.74, 6) is 1.12. The van der Waals surface area contributed by atoms with Crippen LogP contribution in [0.15, 0.2) is 30.5 Å². The highest BCUT2D eigenvalue weighted by atomic mass is 35.5. The third kappa shape index (κ3) is 3.72. The minimum atomic E-state index is 0.191. The molecule has 1 aliphatic heterocycles. The van der Waals surface area contributed by atoms with Crippen molar-refractivity contribution >= 4 is 23.4 Å². The van der Waals surface area contributed by atoms with Gasteiger partial charge in [-0.2, -0.15) is 4.98 Å². The number of β-amino-alcohol motifs (C(OH)–C–C–N with tert-alkyl or cyclic N) is 1. The first kappa shape index (κ1) is 16.0. The summed E-state index contributed by atoms with van der Waals surface area (Å²) in [5.41, 5.74) is 7.76. The Labute approximate surface area is 140 Å². The molecule has 0 bridgehead atoms. The molecule has 3 rings (SSSR count). The van der Waals surface area contributed by atoms with Gasteiger partial charge in [-0.1, -0.05) is 23.7 Å². The molecule has 0 amide bonds. The summed E-state index contributed by atoms with van der Waals surface area (Å²) < 4.78 is 0. The molecule has 0 unspecified atom stereocenters. The zero-order valence-electron chi connectivity index (χ0n) is 12.8. The number of halogens is 1. The molecular weight excluding hydrogens is 314 g/mol. The number of piperazine rings is 1. The van der Waals surface area contributed by atoms with E-state index >= 15 is 0 Å². The zero-order chi connectivity index (χ0) is 16.2. The number of rotatable bonds is 4. The molecule has 6 nitrogen and oxygen atoms in total. The third-order valence-electron chi connectivity index (χ3n) is 4.03. The van der Waals surface area contributed by atoms with Crippen LogP contribution in [0.2, 0.25) is 5.02 Å². The van der Waals surface area contributed by atoms with Gasteiger partial charge in [-0.15, -0.1) is 0 Å². The number of hydrogen-bond acceptors (Lipinski definition) is 6. The van der Waals surface area contributed by atoms with Gasteiger partial charge >= 0.3 is 0 Å². The Morgan fingerprint density at radius 3 is 2.48 bits per heavy atom. The van der Waals surface area contributed by atoms with Crippen LogP contribution < -0.4 is 10.6 Å². The number of nitrogen functional groups attached to an aromatic ring is 1. The van der Waals surface area contributed by atoms with Crippen LogP contribution in [-0.4, -0.2) is 59.3 Å². The molecule has 1 aromatic heterocycles. The van der Waals surface area contributed by atoms with Crippen molar-refractivity contribution in [2.45, 2.75) is 0 Å². The minimum absolute atomic E-state index is 0.191. The Balaban J connectivity index is 1.87. The molecule has 0 radical (unpaired) electrons. The zero-order valence-corrected chi connectivity index (χ0v) is 13.6. The average Bonchev–Trinajstić information content (AvgIpc) is 2.57. The van der Waals surface area contributed by atoms with Gasteiger partial charge in [0.05, 0.1) is 6.61 Å². The maximum atomic E-state index is 9.05. The molecule has 23 heavy (non-hydrogen) atoms. The topological polar surface area (TPSA) is 78.5 Å². The molecule has 1 aliphatic rings. The van der Waals surface area contributed by atoms with E-state index in [4.69, 9.17) is 22.4 Å². The van der Waals surface area contributed by atoms with Crippen molar-refractivity contribution in [2.75, 3.05) is 50.0 Å². The Morgan fingerprint density at radius 1 is 1.13 bits per heavy atom. The predicted molar refractivity (Wildman–Crippen MR) is 92.6 cm³/mol. The van der Waals surface area contributed by atoms with Gasteiger partial charge in [-0.25, -0.2) is 4.98 Å². The van der Waals surface area contributed by atoms with E-state index in [-0.39, 0.29) is 12.6 Å². The second kappa shape index (κ2) is 7.12. The number of nitrogens with zero attached hydrogens (tertiary/aromatic N) is 4.